The zero-order chi connectivity index (χ0) is 17.9. The molecule has 11 heteroatoms. The maximum absolute atomic E-state index is 12.7. The molecule has 0 bridgehead atoms. The van der Waals surface area contributed by atoms with Crippen molar-refractivity contribution in [2.75, 3.05) is 0 Å². The molecule has 0 atom stereocenters. The lowest BCUT2D eigenvalue weighted by molar-refractivity contribution is -0.138. The van der Waals surface area contributed by atoms with Gasteiger partial charge in [0.05, 0.1) is 11.8 Å². The molecule has 7 nitrogen and oxygen atoms in total. The van der Waals surface area contributed by atoms with Crippen LogP contribution in [0.1, 0.15) is 16.1 Å². The van der Waals surface area contributed by atoms with E-state index < -0.39 is 40.7 Å². The number of carbonyl (C=O) groups is 2. The highest BCUT2D eigenvalue weighted by Gasteiger charge is 2.32. The Hall–Kier alpha value is -2.75. The first-order valence-corrected chi connectivity index (χ1v) is 6.66. The summed E-state index contributed by atoms with van der Waals surface area (Å²) in [4.78, 5) is 34.9. The molecule has 0 saturated heterocycles. The molecule has 2 heterocycles. The molecule has 0 radical (unpaired) electrons. The van der Waals surface area contributed by atoms with Gasteiger partial charge in [0.15, 0.2) is 5.76 Å². The summed E-state index contributed by atoms with van der Waals surface area (Å²) >= 11 is 5.46. The van der Waals surface area contributed by atoms with E-state index in [0.29, 0.717) is 16.8 Å². The molecule has 0 saturated carbocycles. The minimum atomic E-state index is -4.73. The van der Waals surface area contributed by atoms with Gasteiger partial charge in [0.1, 0.15) is 11.6 Å². The van der Waals surface area contributed by atoms with E-state index in [1.54, 1.807) is 0 Å². The normalized spacial score (nSPS) is 11.2. The van der Waals surface area contributed by atoms with Crippen LogP contribution in [0.25, 0.3) is 0 Å². The number of nitrogens with one attached hydrogen (secondary N) is 2. The van der Waals surface area contributed by atoms with Crippen molar-refractivity contribution in [3.63, 3.8) is 0 Å². The molecule has 0 unspecified atom stereocenters. The van der Waals surface area contributed by atoms with E-state index in [9.17, 15) is 27.6 Å². The third-order valence-corrected chi connectivity index (χ3v) is 3.01. The highest BCUT2D eigenvalue weighted by atomic mass is 35.5. The fourth-order valence-corrected chi connectivity index (χ4v) is 1.89. The van der Waals surface area contributed by atoms with Gasteiger partial charge in [-0.05, 0) is 18.2 Å². The van der Waals surface area contributed by atoms with Crippen LogP contribution >= 0.6 is 11.6 Å². The Bertz CT molecular complexity index is 815. The first kappa shape index (κ1) is 17.6. The van der Waals surface area contributed by atoms with E-state index in [1.165, 1.54) is 18.4 Å². The standard InChI is InChI=1S/C13H9ClF3N3O4/c14-8-4-7(13(15,16)17)5-20(12(8)23)6-10(21)18-19-11(22)9-2-1-3-24-9/h1-5H,6H2,(H,18,21)(H,19,22). The van der Waals surface area contributed by atoms with Crippen molar-refractivity contribution in [1.29, 1.82) is 0 Å². The molecule has 0 aliphatic heterocycles. The zero-order valence-electron chi connectivity index (χ0n) is 11.7. The summed E-state index contributed by atoms with van der Waals surface area (Å²) in [5.41, 5.74) is 1.77. The summed E-state index contributed by atoms with van der Waals surface area (Å²) < 4.78 is 43.3. The first-order valence-electron chi connectivity index (χ1n) is 6.28. The van der Waals surface area contributed by atoms with E-state index in [2.05, 4.69) is 0 Å². The lowest BCUT2D eigenvalue weighted by Gasteiger charge is -2.12. The van der Waals surface area contributed by atoms with Gasteiger partial charge in [0.2, 0.25) is 0 Å². The van der Waals surface area contributed by atoms with Crippen LogP contribution in [-0.4, -0.2) is 16.4 Å². The number of hydrogen-bond acceptors (Lipinski definition) is 4. The average molecular weight is 364 g/mol. The second kappa shape index (κ2) is 6.79. The molecule has 2 aromatic rings. The number of halogens is 4. The van der Waals surface area contributed by atoms with Crippen molar-refractivity contribution in [1.82, 2.24) is 15.4 Å². The number of alkyl halides is 3. The first-order chi connectivity index (χ1) is 11.2. The smallest absolute Gasteiger partial charge is 0.417 e. The maximum Gasteiger partial charge on any atom is 0.417 e. The maximum atomic E-state index is 12.7. The molecule has 2 aromatic heterocycles. The molecular formula is C13H9ClF3N3O4. The number of rotatable bonds is 3. The molecule has 24 heavy (non-hydrogen) atoms. The Morgan fingerprint density at radius 2 is 2.00 bits per heavy atom. The van der Waals surface area contributed by atoms with Gasteiger partial charge in [-0.3, -0.25) is 25.2 Å². The van der Waals surface area contributed by atoms with Crippen molar-refractivity contribution in [3.05, 3.63) is 57.4 Å². The Morgan fingerprint density at radius 3 is 2.58 bits per heavy atom. The van der Waals surface area contributed by atoms with Crippen LogP contribution in [0.3, 0.4) is 0 Å². The van der Waals surface area contributed by atoms with Crippen molar-refractivity contribution in [2.45, 2.75) is 12.7 Å². The van der Waals surface area contributed by atoms with Gasteiger partial charge in [-0.2, -0.15) is 13.2 Å². The number of amides is 2. The minimum Gasteiger partial charge on any atom is -0.459 e. The molecule has 128 valence electrons. The van der Waals surface area contributed by atoms with Gasteiger partial charge in [-0.1, -0.05) is 11.6 Å². The summed E-state index contributed by atoms with van der Waals surface area (Å²) in [6.45, 7) is -0.777. The quantitative estimate of drug-likeness (QED) is 0.810. The van der Waals surface area contributed by atoms with Gasteiger partial charge in [0, 0.05) is 6.20 Å². The van der Waals surface area contributed by atoms with E-state index >= 15 is 0 Å². The van der Waals surface area contributed by atoms with Crippen LogP contribution in [0.4, 0.5) is 13.2 Å². The van der Waals surface area contributed by atoms with Crippen LogP contribution in [-0.2, 0) is 17.5 Å². The molecular weight excluding hydrogens is 355 g/mol. The predicted octanol–water partition coefficient (Wildman–Crippen LogP) is 1.57. The van der Waals surface area contributed by atoms with Crippen molar-refractivity contribution < 1.29 is 27.2 Å². The van der Waals surface area contributed by atoms with Gasteiger partial charge in [0.25, 0.3) is 11.5 Å². The molecule has 0 aliphatic rings. The molecule has 0 aliphatic carbocycles. The van der Waals surface area contributed by atoms with Crippen molar-refractivity contribution in [2.24, 2.45) is 0 Å². The number of furan rings is 1. The molecule has 2 rings (SSSR count). The third-order valence-electron chi connectivity index (χ3n) is 2.74. The summed E-state index contributed by atoms with van der Waals surface area (Å²) in [5.74, 6) is -1.80. The fraction of sp³-hybridized carbons (Fsp3) is 0.154. The Morgan fingerprint density at radius 1 is 1.29 bits per heavy atom. The van der Waals surface area contributed by atoms with Gasteiger partial charge in [-0.15, -0.1) is 0 Å². The summed E-state index contributed by atoms with van der Waals surface area (Å²) in [6, 6.07) is 3.25. The van der Waals surface area contributed by atoms with E-state index in [0.717, 1.165) is 0 Å². The topological polar surface area (TPSA) is 93.3 Å². The second-order valence-electron chi connectivity index (χ2n) is 4.49. The predicted molar refractivity (Wildman–Crippen MR) is 75.0 cm³/mol. The average Bonchev–Trinajstić information content (AvgIpc) is 3.02. The number of hydrogen-bond donors (Lipinski definition) is 2. The number of nitrogens with zero attached hydrogens (tertiary/aromatic N) is 1. The SMILES string of the molecule is O=C(Cn1cc(C(F)(F)F)cc(Cl)c1=O)NNC(=O)c1ccco1. The van der Waals surface area contributed by atoms with Crippen molar-refractivity contribution >= 4 is 23.4 Å². The number of aromatic nitrogens is 1. The lowest BCUT2D eigenvalue weighted by Crippen LogP contribution is -2.44. The van der Waals surface area contributed by atoms with Crippen LogP contribution in [0, 0.1) is 0 Å². The molecule has 2 amide bonds. The highest BCUT2D eigenvalue weighted by Crippen LogP contribution is 2.29. The fourth-order valence-electron chi connectivity index (χ4n) is 1.66. The van der Waals surface area contributed by atoms with Gasteiger partial charge >= 0.3 is 12.1 Å². The molecule has 0 aromatic carbocycles. The number of pyridine rings is 1. The van der Waals surface area contributed by atoms with Crippen LogP contribution < -0.4 is 16.4 Å². The van der Waals surface area contributed by atoms with Crippen LogP contribution in [0.5, 0.6) is 0 Å². The third kappa shape index (κ3) is 4.16. The number of carbonyl (C=O) groups excluding carboxylic acids is 2. The van der Waals surface area contributed by atoms with E-state index in [4.69, 9.17) is 16.0 Å². The summed E-state index contributed by atoms with van der Waals surface area (Å²) in [5, 5.41) is -0.683. The molecule has 2 N–H and O–H groups in total. The second-order valence-corrected chi connectivity index (χ2v) is 4.89. The Labute approximate surface area is 137 Å². The van der Waals surface area contributed by atoms with E-state index in [-0.39, 0.29) is 5.76 Å². The molecule has 0 spiro atoms. The van der Waals surface area contributed by atoms with Crippen molar-refractivity contribution in [3.8, 4) is 0 Å². The van der Waals surface area contributed by atoms with Gasteiger partial charge < -0.3 is 8.98 Å². The number of hydrazine groups is 1. The van der Waals surface area contributed by atoms with E-state index in [1.807, 2.05) is 10.9 Å². The zero-order valence-corrected chi connectivity index (χ0v) is 12.4. The highest BCUT2D eigenvalue weighted by molar-refractivity contribution is 6.30. The van der Waals surface area contributed by atoms with Crippen LogP contribution in [0.2, 0.25) is 5.02 Å². The molecule has 0 fully saturated rings. The summed E-state index contributed by atoms with van der Waals surface area (Å²) in [6.07, 6.45) is -3.04. The van der Waals surface area contributed by atoms with Gasteiger partial charge in [-0.25, -0.2) is 0 Å². The summed E-state index contributed by atoms with van der Waals surface area (Å²) in [7, 11) is 0. The monoisotopic (exact) mass is 363 g/mol. The Kier molecular flexibility index (Phi) is 4.98. The largest absolute Gasteiger partial charge is 0.459 e. The lowest BCUT2D eigenvalue weighted by atomic mass is 10.2. The Balaban J connectivity index is 2.07. The van der Waals surface area contributed by atoms with Crippen LogP contribution in [0.15, 0.2) is 39.9 Å². The minimum absolute atomic E-state index is 0.0884.